The minimum Gasteiger partial charge on any atom is -0.351 e. The van der Waals surface area contributed by atoms with Crippen LogP contribution < -0.4 is 5.32 Å². The fourth-order valence-corrected chi connectivity index (χ4v) is 3.51. The van der Waals surface area contributed by atoms with E-state index in [4.69, 9.17) is 0 Å². The summed E-state index contributed by atoms with van der Waals surface area (Å²) in [6, 6.07) is 9.27. The van der Waals surface area contributed by atoms with Gasteiger partial charge in [0, 0.05) is 19.5 Å². The summed E-state index contributed by atoms with van der Waals surface area (Å²) in [7, 11) is 1.68. The van der Waals surface area contributed by atoms with Crippen molar-refractivity contribution in [3.63, 3.8) is 0 Å². The fraction of sp³-hybridized carbons (Fsp3) is 0.381. The second kappa shape index (κ2) is 8.49. The van der Waals surface area contributed by atoms with Gasteiger partial charge in [0.15, 0.2) is 0 Å². The lowest BCUT2D eigenvalue weighted by molar-refractivity contribution is -0.137. The summed E-state index contributed by atoms with van der Waals surface area (Å²) < 4.78 is 65.8. The molecule has 3 rings (SSSR count). The highest BCUT2D eigenvalue weighted by Crippen LogP contribution is 2.34. The molecule has 2 aromatic rings. The molecule has 8 heteroatoms. The molecule has 0 saturated carbocycles. The first kappa shape index (κ1) is 21.2. The van der Waals surface area contributed by atoms with Gasteiger partial charge in [-0.15, -0.1) is 0 Å². The molecule has 1 saturated heterocycles. The lowest BCUT2D eigenvalue weighted by Crippen LogP contribution is -2.41. The second-order valence-electron chi connectivity index (χ2n) is 7.26. The normalized spacial score (nSPS) is 20.1. The van der Waals surface area contributed by atoms with E-state index < -0.39 is 30.6 Å². The molecule has 1 fully saturated rings. The van der Waals surface area contributed by atoms with Gasteiger partial charge in [0.1, 0.15) is 12.8 Å². The number of carbonyl (C=O) groups is 1. The van der Waals surface area contributed by atoms with Gasteiger partial charge in [0.2, 0.25) is 5.91 Å². The van der Waals surface area contributed by atoms with Crippen molar-refractivity contribution in [1.82, 2.24) is 10.2 Å². The second-order valence-corrected chi connectivity index (χ2v) is 7.26. The predicted molar refractivity (Wildman–Crippen MR) is 99.5 cm³/mol. The predicted octanol–water partition coefficient (Wildman–Crippen LogP) is 4.50. The van der Waals surface area contributed by atoms with E-state index in [-0.39, 0.29) is 36.5 Å². The van der Waals surface area contributed by atoms with Gasteiger partial charge in [-0.3, -0.25) is 9.69 Å². The highest BCUT2D eigenvalue weighted by Gasteiger charge is 2.34. The molecule has 3 nitrogen and oxygen atoms in total. The first-order chi connectivity index (χ1) is 13.7. The van der Waals surface area contributed by atoms with E-state index in [9.17, 15) is 26.7 Å². The van der Waals surface area contributed by atoms with Crippen LogP contribution in [0.1, 0.15) is 23.1 Å². The third-order valence-electron chi connectivity index (χ3n) is 5.00. The molecular weight excluding hydrogens is 391 g/mol. The van der Waals surface area contributed by atoms with Gasteiger partial charge in [-0.25, -0.2) is 8.78 Å². The van der Waals surface area contributed by atoms with Crippen LogP contribution >= 0.6 is 0 Å². The molecule has 0 radical (unpaired) electrons. The average Bonchev–Trinajstić information content (AvgIpc) is 3.03. The first-order valence-corrected chi connectivity index (χ1v) is 9.16. The molecule has 0 bridgehead atoms. The number of hydrogen-bond acceptors (Lipinski definition) is 2. The average molecular weight is 412 g/mol. The van der Waals surface area contributed by atoms with Crippen molar-refractivity contribution in [3.8, 4) is 11.1 Å². The molecule has 1 aliphatic heterocycles. The van der Waals surface area contributed by atoms with E-state index in [0.29, 0.717) is 11.1 Å². The number of likely N-dealkylation sites (tertiary alicyclic amines) is 1. The van der Waals surface area contributed by atoms with Crippen molar-refractivity contribution in [1.29, 1.82) is 0 Å². The SMILES string of the molecule is CN1C[C@@H](F)C[C@H]1C(=O)NCc1cccc(-c2cc(CF)cc(C(F)(F)F)c2)c1. The summed E-state index contributed by atoms with van der Waals surface area (Å²) >= 11 is 0. The molecule has 1 N–H and O–H groups in total. The third-order valence-corrected chi connectivity index (χ3v) is 5.00. The van der Waals surface area contributed by atoms with Gasteiger partial charge >= 0.3 is 6.18 Å². The molecule has 0 aromatic heterocycles. The van der Waals surface area contributed by atoms with E-state index in [2.05, 4.69) is 5.32 Å². The summed E-state index contributed by atoms with van der Waals surface area (Å²) in [5.74, 6) is -0.295. The van der Waals surface area contributed by atoms with Crippen LogP contribution in [0.5, 0.6) is 0 Å². The summed E-state index contributed by atoms with van der Waals surface area (Å²) in [5, 5.41) is 2.74. The molecule has 1 heterocycles. The standard InChI is InChI=1S/C21H21F5N2O/c1-28-12-18(23)9-19(28)20(29)27-11-13-3-2-4-15(5-13)16-6-14(10-22)7-17(8-16)21(24,25)26/h2-8,18-19H,9-12H2,1H3,(H,27,29)/t18-,19-/m0/s1. The van der Waals surface area contributed by atoms with Crippen LogP contribution in [-0.4, -0.2) is 36.6 Å². The lowest BCUT2D eigenvalue weighted by Gasteiger charge is -2.18. The van der Waals surface area contributed by atoms with Crippen LogP contribution in [0.15, 0.2) is 42.5 Å². The van der Waals surface area contributed by atoms with Crippen LogP contribution in [0.3, 0.4) is 0 Å². The largest absolute Gasteiger partial charge is 0.416 e. The molecule has 1 aliphatic rings. The maximum Gasteiger partial charge on any atom is 0.416 e. The number of benzene rings is 2. The van der Waals surface area contributed by atoms with Crippen molar-refractivity contribution in [2.24, 2.45) is 0 Å². The van der Waals surface area contributed by atoms with Crippen LogP contribution in [-0.2, 0) is 24.2 Å². The van der Waals surface area contributed by atoms with Gasteiger partial charge in [-0.05, 0) is 53.6 Å². The Morgan fingerprint density at radius 2 is 1.86 bits per heavy atom. The van der Waals surface area contributed by atoms with Gasteiger partial charge in [-0.2, -0.15) is 13.2 Å². The Labute approximate surface area is 165 Å². The first-order valence-electron chi connectivity index (χ1n) is 9.16. The number of amides is 1. The number of alkyl halides is 5. The Balaban J connectivity index is 1.77. The smallest absolute Gasteiger partial charge is 0.351 e. The summed E-state index contributed by atoms with van der Waals surface area (Å²) in [4.78, 5) is 13.9. The van der Waals surface area contributed by atoms with Crippen molar-refractivity contribution >= 4 is 5.91 Å². The zero-order valence-electron chi connectivity index (χ0n) is 15.8. The Morgan fingerprint density at radius 3 is 2.48 bits per heavy atom. The quantitative estimate of drug-likeness (QED) is 0.734. The van der Waals surface area contributed by atoms with Crippen molar-refractivity contribution < 1.29 is 26.7 Å². The third kappa shape index (κ3) is 5.12. The highest BCUT2D eigenvalue weighted by atomic mass is 19.4. The van der Waals surface area contributed by atoms with E-state index in [0.717, 1.165) is 12.1 Å². The molecule has 0 aliphatic carbocycles. The molecule has 2 aromatic carbocycles. The lowest BCUT2D eigenvalue weighted by atomic mass is 9.98. The van der Waals surface area contributed by atoms with Gasteiger partial charge in [0.25, 0.3) is 0 Å². The van der Waals surface area contributed by atoms with Crippen LogP contribution in [0.4, 0.5) is 22.0 Å². The van der Waals surface area contributed by atoms with Crippen LogP contribution in [0, 0.1) is 0 Å². The monoisotopic (exact) mass is 412 g/mol. The van der Waals surface area contributed by atoms with E-state index in [1.54, 1.807) is 36.2 Å². The number of hydrogen-bond donors (Lipinski definition) is 1. The van der Waals surface area contributed by atoms with Crippen molar-refractivity contribution in [3.05, 3.63) is 59.2 Å². The number of nitrogens with zero attached hydrogens (tertiary/aromatic N) is 1. The number of halogens is 5. The maximum absolute atomic E-state index is 13.4. The Kier molecular flexibility index (Phi) is 6.21. The number of carbonyl (C=O) groups excluding carboxylic acids is 1. The topological polar surface area (TPSA) is 32.3 Å². The summed E-state index contributed by atoms with van der Waals surface area (Å²) in [6.45, 7) is -0.639. The zero-order chi connectivity index (χ0) is 21.2. The van der Waals surface area contributed by atoms with Crippen molar-refractivity contribution in [2.45, 2.75) is 38.0 Å². The Morgan fingerprint density at radius 1 is 1.14 bits per heavy atom. The van der Waals surface area contributed by atoms with Crippen LogP contribution in [0.25, 0.3) is 11.1 Å². The highest BCUT2D eigenvalue weighted by molar-refractivity contribution is 5.82. The summed E-state index contributed by atoms with van der Waals surface area (Å²) in [5.41, 5.74) is 0.438. The van der Waals surface area contributed by atoms with Crippen molar-refractivity contribution in [2.75, 3.05) is 13.6 Å². The molecule has 1 amide bonds. The van der Waals surface area contributed by atoms with Gasteiger partial charge in [-0.1, -0.05) is 18.2 Å². The van der Waals surface area contributed by atoms with E-state index in [1.165, 1.54) is 6.07 Å². The molecule has 29 heavy (non-hydrogen) atoms. The Bertz CT molecular complexity index is 884. The fourth-order valence-electron chi connectivity index (χ4n) is 3.51. The minimum absolute atomic E-state index is 0.0569. The van der Waals surface area contributed by atoms with Gasteiger partial charge < -0.3 is 5.32 Å². The number of rotatable bonds is 5. The number of likely N-dealkylation sites (N-methyl/N-ethyl adjacent to an activating group) is 1. The Hall–Kier alpha value is -2.48. The van der Waals surface area contributed by atoms with E-state index >= 15 is 0 Å². The minimum atomic E-state index is -4.58. The molecule has 0 spiro atoms. The number of nitrogens with one attached hydrogen (secondary N) is 1. The summed E-state index contributed by atoms with van der Waals surface area (Å²) in [6.07, 6.45) is -5.48. The molecule has 0 unspecified atom stereocenters. The zero-order valence-corrected chi connectivity index (χ0v) is 15.8. The van der Waals surface area contributed by atoms with E-state index in [1.807, 2.05) is 0 Å². The maximum atomic E-state index is 13.4. The molecule has 156 valence electrons. The van der Waals surface area contributed by atoms with Gasteiger partial charge in [0.05, 0.1) is 11.6 Å². The van der Waals surface area contributed by atoms with Crippen LogP contribution in [0.2, 0.25) is 0 Å². The molecule has 2 atom stereocenters. The molecular formula is C21H21F5N2O.